The standard InChI is InChI=1S/C10H13NO4S2/c1-15-10(12)8-4-2-6-11(8)17(13,14)9-5-3-7-16-9/h3,5,7-8H,2,4,6H2,1H3. The van der Waals surface area contributed by atoms with Crippen molar-refractivity contribution in [2.75, 3.05) is 13.7 Å². The van der Waals surface area contributed by atoms with E-state index in [1.165, 1.54) is 11.4 Å². The average molecular weight is 275 g/mol. The SMILES string of the molecule is COC(=O)C1CCCN1S(=O)(=O)c1cccs1. The fraction of sp³-hybridized carbons (Fsp3) is 0.500. The molecule has 5 nitrogen and oxygen atoms in total. The summed E-state index contributed by atoms with van der Waals surface area (Å²) in [7, 11) is -2.27. The first kappa shape index (κ1) is 12.5. The zero-order valence-corrected chi connectivity index (χ0v) is 11.0. The third kappa shape index (κ3) is 2.22. The van der Waals surface area contributed by atoms with Crippen molar-refractivity contribution < 1.29 is 17.9 Å². The van der Waals surface area contributed by atoms with E-state index in [-0.39, 0.29) is 4.21 Å². The summed E-state index contributed by atoms with van der Waals surface area (Å²) in [6.07, 6.45) is 1.21. The van der Waals surface area contributed by atoms with E-state index in [1.54, 1.807) is 17.5 Å². The van der Waals surface area contributed by atoms with Gasteiger partial charge in [-0.05, 0) is 24.3 Å². The molecule has 0 saturated carbocycles. The molecule has 0 aliphatic carbocycles. The molecule has 1 aromatic heterocycles. The second kappa shape index (κ2) is 4.75. The van der Waals surface area contributed by atoms with E-state index < -0.39 is 22.0 Å². The summed E-state index contributed by atoms with van der Waals surface area (Å²) in [5, 5.41) is 1.70. The van der Waals surface area contributed by atoms with Gasteiger partial charge in [0.15, 0.2) is 0 Å². The largest absolute Gasteiger partial charge is 0.468 e. The molecule has 1 saturated heterocycles. The summed E-state index contributed by atoms with van der Waals surface area (Å²) in [4.78, 5) is 11.5. The van der Waals surface area contributed by atoms with Gasteiger partial charge < -0.3 is 4.74 Å². The van der Waals surface area contributed by atoms with Gasteiger partial charge in [-0.1, -0.05) is 6.07 Å². The smallest absolute Gasteiger partial charge is 0.324 e. The molecular weight excluding hydrogens is 262 g/mol. The first-order valence-electron chi connectivity index (χ1n) is 5.20. The van der Waals surface area contributed by atoms with Crippen LogP contribution in [0.25, 0.3) is 0 Å². The fourth-order valence-corrected chi connectivity index (χ4v) is 4.69. The van der Waals surface area contributed by atoms with Crippen LogP contribution in [0.3, 0.4) is 0 Å². The quantitative estimate of drug-likeness (QED) is 0.774. The maximum absolute atomic E-state index is 12.3. The van der Waals surface area contributed by atoms with Crippen LogP contribution in [0.4, 0.5) is 0 Å². The van der Waals surface area contributed by atoms with Gasteiger partial charge in [0.05, 0.1) is 7.11 Å². The molecule has 1 aliphatic heterocycles. The van der Waals surface area contributed by atoms with Crippen LogP contribution in [-0.4, -0.2) is 38.4 Å². The van der Waals surface area contributed by atoms with E-state index in [0.717, 1.165) is 11.3 Å². The van der Waals surface area contributed by atoms with Crippen molar-refractivity contribution in [1.29, 1.82) is 0 Å². The van der Waals surface area contributed by atoms with Crippen LogP contribution in [0.5, 0.6) is 0 Å². The Hall–Kier alpha value is -0.920. The maximum Gasteiger partial charge on any atom is 0.324 e. The second-order valence-electron chi connectivity index (χ2n) is 3.73. The van der Waals surface area contributed by atoms with Crippen LogP contribution >= 0.6 is 11.3 Å². The molecule has 1 fully saturated rings. The number of rotatable bonds is 3. The summed E-state index contributed by atoms with van der Waals surface area (Å²) >= 11 is 1.16. The molecule has 1 aliphatic rings. The fourth-order valence-electron chi connectivity index (χ4n) is 1.93. The molecule has 94 valence electrons. The number of nitrogens with zero attached hydrogens (tertiary/aromatic N) is 1. The van der Waals surface area contributed by atoms with Crippen molar-refractivity contribution in [1.82, 2.24) is 4.31 Å². The number of thiophene rings is 1. The topological polar surface area (TPSA) is 63.7 Å². The van der Waals surface area contributed by atoms with E-state index in [2.05, 4.69) is 4.74 Å². The molecule has 1 unspecified atom stereocenters. The molecule has 0 N–H and O–H groups in total. The number of methoxy groups -OCH3 is 1. The second-order valence-corrected chi connectivity index (χ2v) is 6.79. The van der Waals surface area contributed by atoms with E-state index in [0.29, 0.717) is 19.4 Å². The Bertz CT molecular complexity index is 494. The monoisotopic (exact) mass is 275 g/mol. The number of carbonyl (C=O) groups excluding carboxylic acids is 1. The van der Waals surface area contributed by atoms with Crippen LogP contribution in [0.2, 0.25) is 0 Å². The Morgan fingerprint density at radius 3 is 2.94 bits per heavy atom. The van der Waals surface area contributed by atoms with Gasteiger partial charge in [-0.25, -0.2) is 8.42 Å². The molecule has 7 heteroatoms. The number of sulfonamides is 1. The molecule has 0 radical (unpaired) electrons. The lowest BCUT2D eigenvalue weighted by molar-refractivity contribution is -0.144. The lowest BCUT2D eigenvalue weighted by atomic mass is 10.2. The van der Waals surface area contributed by atoms with Gasteiger partial charge in [0.1, 0.15) is 10.3 Å². The van der Waals surface area contributed by atoms with Crippen molar-refractivity contribution in [3.05, 3.63) is 17.5 Å². The zero-order valence-electron chi connectivity index (χ0n) is 9.33. The van der Waals surface area contributed by atoms with Crippen molar-refractivity contribution in [3.8, 4) is 0 Å². The van der Waals surface area contributed by atoms with Gasteiger partial charge in [-0.15, -0.1) is 11.3 Å². The van der Waals surface area contributed by atoms with Gasteiger partial charge in [0, 0.05) is 6.54 Å². The highest BCUT2D eigenvalue weighted by Crippen LogP contribution is 2.28. The molecule has 1 aromatic rings. The predicted octanol–water partition coefficient (Wildman–Crippen LogP) is 1.07. The molecule has 0 spiro atoms. The molecule has 0 amide bonds. The van der Waals surface area contributed by atoms with E-state index in [9.17, 15) is 13.2 Å². The highest BCUT2D eigenvalue weighted by atomic mass is 32.2. The van der Waals surface area contributed by atoms with Crippen molar-refractivity contribution in [3.63, 3.8) is 0 Å². The van der Waals surface area contributed by atoms with E-state index in [4.69, 9.17) is 0 Å². The summed E-state index contributed by atoms with van der Waals surface area (Å²) in [6.45, 7) is 0.375. The zero-order chi connectivity index (χ0) is 12.5. The highest BCUT2D eigenvalue weighted by Gasteiger charge is 2.40. The minimum absolute atomic E-state index is 0.272. The Morgan fingerprint density at radius 1 is 1.59 bits per heavy atom. The van der Waals surface area contributed by atoms with Crippen LogP contribution in [-0.2, 0) is 19.6 Å². The lowest BCUT2D eigenvalue weighted by Gasteiger charge is -2.21. The van der Waals surface area contributed by atoms with Crippen molar-refractivity contribution in [2.45, 2.75) is 23.1 Å². The van der Waals surface area contributed by atoms with Gasteiger partial charge in [-0.2, -0.15) is 4.31 Å². The van der Waals surface area contributed by atoms with Crippen LogP contribution < -0.4 is 0 Å². The van der Waals surface area contributed by atoms with Crippen molar-refractivity contribution in [2.24, 2.45) is 0 Å². The number of esters is 1. The minimum Gasteiger partial charge on any atom is -0.468 e. The van der Waals surface area contributed by atoms with Crippen LogP contribution in [0.1, 0.15) is 12.8 Å². The van der Waals surface area contributed by atoms with E-state index >= 15 is 0 Å². The Kier molecular flexibility index (Phi) is 3.50. The molecule has 0 aromatic carbocycles. The molecule has 0 bridgehead atoms. The first-order chi connectivity index (χ1) is 8.07. The van der Waals surface area contributed by atoms with Gasteiger partial charge in [0.25, 0.3) is 10.0 Å². The van der Waals surface area contributed by atoms with Crippen molar-refractivity contribution >= 4 is 27.3 Å². The Labute approximate surface area is 104 Å². The molecular formula is C10H13NO4S2. The van der Waals surface area contributed by atoms with Gasteiger partial charge in [-0.3, -0.25) is 4.79 Å². The lowest BCUT2D eigenvalue weighted by Crippen LogP contribution is -2.40. The third-order valence-corrected chi connectivity index (χ3v) is 6.02. The Balaban J connectivity index is 2.31. The Morgan fingerprint density at radius 2 is 2.35 bits per heavy atom. The molecule has 2 rings (SSSR count). The van der Waals surface area contributed by atoms with Gasteiger partial charge >= 0.3 is 5.97 Å². The summed E-state index contributed by atoms with van der Waals surface area (Å²) < 4.78 is 30.7. The van der Waals surface area contributed by atoms with Gasteiger partial charge in [0.2, 0.25) is 0 Å². The van der Waals surface area contributed by atoms with Crippen LogP contribution in [0, 0.1) is 0 Å². The molecule has 2 heterocycles. The number of ether oxygens (including phenoxy) is 1. The van der Waals surface area contributed by atoms with Crippen LogP contribution in [0.15, 0.2) is 21.7 Å². The summed E-state index contributed by atoms with van der Waals surface area (Å²) in [5.41, 5.74) is 0. The molecule has 17 heavy (non-hydrogen) atoms. The predicted molar refractivity (Wildman–Crippen MR) is 63.2 cm³/mol. The number of carbonyl (C=O) groups is 1. The average Bonchev–Trinajstić information content (AvgIpc) is 2.98. The maximum atomic E-state index is 12.3. The first-order valence-corrected chi connectivity index (χ1v) is 7.52. The normalized spacial score (nSPS) is 21.6. The third-order valence-electron chi connectivity index (χ3n) is 2.73. The summed E-state index contributed by atoms with van der Waals surface area (Å²) in [6, 6.07) is 2.56. The number of hydrogen-bond donors (Lipinski definition) is 0. The summed E-state index contributed by atoms with van der Waals surface area (Å²) in [5.74, 6) is -0.484. The number of hydrogen-bond acceptors (Lipinski definition) is 5. The molecule has 1 atom stereocenters. The minimum atomic E-state index is -3.55. The highest BCUT2D eigenvalue weighted by molar-refractivity contribution is 7.91. The van der Waals surface area contributed by atoms with E-state index in [1.807, 2.05) is 0 Å².